The highest BCUT2D eigenvalue weighted by Crippen LogP contribution is 2.29. The zero-order valence-electron chi connectivity index (χ0n) is 14.3. The Morgan fingerprint density at radius 2 is 1.85 bits per heavy atom. The second-order valence-corrected chi connectivity index (χ2v) is 6.20. The molecule has 0 spiro atoms. The largest absolute Gasteiger partial charge is 0.300 e. The molecule has 4 aromatic rings. The summed E-state index contributed by atoms with van der Waals surface area (Å²) in [6.45, 7) is 1.54. The molecule has 0 atom stereocenters. The van der Waals surface area contributed by atoms with E-state index in [9.17, 15) is 9.18 Å². The average Bonchev–Trinajstić information content (AvgIpc) is 3.17. The van der Waals surface area contributed by atoms with Gasteiger partial charge in [-0.05, 0) is 43.3 Å². The number of carbonyl (C=O) groups is 1. The summed E-state index contributed by atoms with van der Waals surface area (Å²) in [5.41, 5.74) is 4.46. The van der Waals surface area contributed by atoms with Crippen molar-refractivity contribution in [3.05, 3.63) is 60.3 Å². The standard InChI is InChI=1S/C19H16FN5O/c1-12(26)9-15-10-25-18(21-15)8-7-17(22-25)16-11-24(2)23-19(16)13-3-5-14(20)6-4-13/h3-8,10-11H,9H2,1-2H3. The molecular weight excluding hydrogens is 333 g/mol. The first-order valence-corrected chi connectivity index (χ1v) is 8.14. The van der Waals surface area contributed by atoms with E-state index in [4.69, 9.17) is 0 Å². The van der Waals surface area contributed by atoms with Crippen LogP contribution >= 0.6 is 0 Å². The van der Waals surface area contributed by atoms with Crippen LogP contribution in [0.25, 0.3) is 28.2 Å². The molecule has 6 nitrogen and oxygen atoms in total. The number of ketones is 1. The van der Waals surface area contributed by atoms with Gasteiger partial charge in [0.15, 0.2) is 5.65 Å². The maximum Gasteiger partial charge on any atom is 0.153 e. The summed E-state index contributed by atoms with van der Waals surface area (Å²) in [7, 11) is 1.83. The number of carbonyl (C=O) groups excluding carboxylic acids is 1. The molecule has 0 aliphatic rings. The quantitative estimate of drug-likeness (QED) is 0.568. The number of rotatable bonds is 4. The van der Waals surface area contributed by atoms with Crippen molar-refractivity contribution in [2.45, 2.75) is 13.3 Å². The molecule has 3 aromatic heterocycles. The Bertz CT molecular complexity index is 1110. The number of Topliss-reactive ketones (excluding diaryl/α,β-unsaturated/α-hetero) is 1. The number of benzene rings is 1. The molecule has 130 valence electrons. The number of aryl methyl sites for hydroxylation is 1. The molecule has 0 aliphatic carbocycles. The summed E-state index contributed by atoms with van der Waals surface area (Å²) in [6, 6.07) is 9.93. The molecule has 0 amide bonds. The average molecular weight is 349 g/mol. The number of nitrogens with zero attached hydrogens (tertiary/aromatic N) is 5. The molecule has 3 heterocycles. The minimum absolute atomic E-state index is 0.0551. The number of aromatic nitrogens is 5. The monoisotopic (exact) mass is 349 g/mol. The van der Waals surface area contributed by atoms with E-state index in [1.54, 1.807) is 27.5 Å². The van der Waals surface area contributed by atoms with Crippen LogP contribution in [-0.4, -0.2) is 30.2 Å². The van der Waals surface area contributed by atoms with Crippen molar-refractivity contribution in [2.75, 3.05) is 0 Å². The molecule has 4 rings (SSSR count). The van der Waals surface area contributed by atoms with Crippen LogP contribution in [0.5, 0.6) is 0 Å². The topological polar surface area (TPSA) is 65.1 Å². The maximum absolute atomic E-state index is 13.2. The number of hydrogen-bond donors (Lipinski definition) is 0. The van der Waals surface area contributed by atoms with Gasteiger partial charge in [0.25, 0.3) is 0 Å². The highest BCUT2D eigenvalue weighted by Gasteiger charge is 2.15. The Labute approximate surface area is 148 Å². The van der Waals surface area contributed by atoms with E-state index >= 15 is 0 Å². The van der Waals surface area contributed by atoms with E-state index in [0.717, 1.165) is 22.5 Å². The van der Waals surface area contributed by atoms with Gasteiger partial charge in [-0.25, -0.2) is 13.9 Å². The summed E-state index contributed by atoms with van der Waals surface area (Å²) in [5, 5.41) is 9.10. The lowest BCUT2D eigenvalue weighted by Crippen LogP contribution is -1.95. The summed E-state index contributed by atoms with van der Waals surface area (Å²) < 4.78 is 16.6. The molecule has 0 unspecified atom stereocenters. The van der Waals surface area contributed by atoms with Gasteiger partial charge in [-0.15, -0.1) is 0 Å². The van der Waals surface area contributed by atoms with Gasteiger partial charge < -0.3 is 0 Å². The molecular formula is C19H16FN5O. The first-order chi connectivity index (χ1) is 12.5. The van der Waals surface area contributed by atoms with Crippen LogP contribution in [0.3, 0.4) is 0 Å². The first kappa shape index (κ1) is 16.1. The first-order valence-electron chi connectivity index (χ1n) is 8.14. The molecule has 0 fully saturated rings. The second-order valence-electron chi connectivity index (χ2n) is 6.20. The van der Waals surface area contributed by atoms with E-state index < -0.39 is 0 Å². The highest BCUT2D eigenvalue weighted by atomic mass is 19.1. The van der Waals surface area contributed by atoms with Crippen molar-refractivity contribution < 1.29 is 9.18 Å². The zero-order valence-corrected chi connectivity index (χ0v) is 14.3. The zero-order chi connectivity index (χ0) is 18.3. The lowest BCUT2D eigenvalue weighted by atomic mass is 10.1. The van der Waals surface area contributed by atoms with E-state index in [-0.39, 0.29) is 18.0 Å². The van der Waals surface area contributed by atoms with Gasteiger partial charge in [0, 0.05) is 24.4 Å². The third-order valence-electron chi connectivity index (χ3n) is 4.02. The molecule has 0 saturated heterocycles. The molecule has 0 bridgehead atoms. The highest BCUT2D eigenvalue weighted by molar-refractivity contribution is 5.79. The summed E-state index contributed by atoms with van der Waals surface area (Å²) in [4.78, 5) is 15.7. The molecule has 26 heavy (non-hydrogen) atoms. The Balaban J connectivity index is 1.80. The van der Waals surface area contributed by atoms with Crippen LogP contribution in [0.15, 0.2) is 48.8 Å². The SMILES string of the molecule is CC(=O)Cc1cn2nc(-c3cn(C)nc3-c3ccc(F)cc3)ccc2n1. The molecule has 0 aliphatic heterocycles. The van der Waals surface area contributed by atoms with E-state index in [1.807, 2.05) is 25.4 Å². The van der Waals surface area contributed by atoms with Crippen molar-refractivity contribution in [1.29, 1.82) is 0 Å². The van der Waals surface area contributed by atoms with Crippen molar-refractivity contribution in [3.63, 3.8) is 0 Å². The summed E-state index contributed by atoms with van der Waals surface area (Å²) in [5.74, 6) is -0.235. The predicted molar refractivity (Wildman–Crippen MR) is 95.0 cm³/mol. The minimum atomic E-state index is -0.290. The van der Waals surface area contributed by atoms with Gasteiger partial charge in [0.2, 0.25) is 0 Å². The maximum atomic E-state index is 13.2. The third kappa shape index (κ3) is 2.99. The molecule has 0 radical (unpaired) electrons. The lowest BCUT2D eigenvalue weighted by molar-refractivity contribution is -0.116. The van der Waals surface area contributed by atoms with Crippen LogP contribution in [0.2, 0.25) is 0 Å². The van der Waals surface area contributed by atoms with Crippen LogP contribution in [0.1, 0.15) is 12.6 Å². The Morgan fingerprint density at radius 3 is 2.58 bits per heavy atom. The van der Waals surface area contributed by atoms with Crippen molar-refractivity contribution in [2.24, 2.45) is 7.05 Å². The van der Waals surface area contributed by atoms with E-state index in [1.165, 1.54) is 19.1 Å². The molecule has 1 aromatic carbocycles. The Morgan fingerprint density at radius 1 is 1.08 bits per heavy atom. The van der Waals surface area contributed by atoms with E-state index in [2.05, 4.69) is 15.2 Å². The number of imidazole rings is 1. The smallest absolute Gasteiger partial charge is 0.153 e. The van der Waals surface area contributed by atoms with Crippen LogP contribution in [-0.2, 0) is 18.3 Å². The van der Waals surface area contributed by atoms with Crippen LogP contribution < -0.4 is 0 Å². The van der Waals surface area contributed by atoms with Gasteiger partial charge >= 0.3 is 0 Å². The van der Waals surface area contributed by atoms with Gasteiger partial charge in [-0.1, -0.05) is 0 Å². The molecule has 7 heteroatoms. The molecule has 0 saturated carbocycles. The molecule has 0 N–H and O–H groups in total. The van der Waals surface area contributed by atoms with Gasteiger partial charge in [0.05, 0.1) is 24.0 Å². The fourth-order valence-corrected chi connectivity index (χ4v) is 2.91. The van der Waals surface area contributed by atoms with E-state index in [0.29, 0.717) is 11.3 Å². The van der Waals surface area contributed by atoms with Gasteiger partial charge in [-0.2, -0.15) is 10.2 Å². The minimum Gasteiger partial charge on any atom is -0.300 e. The normalized spacial score (nSPS) is 11.2. The fourth-order valence-electron chi connectivity index (χ4n) is 2.91. The Kier molecular flexibility index (Phi) is 3.84. The lowest BCUT2D eigenvalue weighted by Gasteiger charge is -2.03. The van der Waals surface area contributed by atoms with Crippen molar-refractivity contribution in [3.8, 4) is 22.5 Å². The summed E-state index contributed by atoms with van der Waals surface area (Å²) >= 11 is 0. The van der Waals surface area contributed by atoms with Crippen molar-refractivity contribution >= 4 is 11.4 Å². The van der Waals surface area contributed by atoms with Crippen LogP contribution in [0, 0.1) is 5.82 Å². The fraction of sp³-hybridized carbons (Fsp3) is 0.158. The third-order valence-corrected chi connectivity index (χ3v) is 4.02. The van der Waals surface area contributed by atoms with Crippen molar-refractivity contribution in [1.82, 2.24) is 24.4 Å². The number of halogens is 1. The van der Waals surface area contributed by atoms with Gasteiger partial charge in [0.1, 0.15) is 17.3 Å². The number of hydrogen-bond acceptors (Lipinski definition) is 4. The Hall–Kier alpha value is -3.35. The second kappa shape index (κ2) is 6.18. The van der Waals surface area contributed by atoms with Crippen LogP contribution in [0.4, 0.5) is 4.39 Å². The summed E-state index contributed by atoms with van der Waals surface area (Å²) in [6.07, 6.45) is 3.92. The predicted octanol–water partition coefficient (Wildman–Crippen LogP) is 3.07. The number of fused-ring (bicyclic) bond motifs is 1. The van der Waals surface area contributed by atoms with Gasteiger partial charge in [-0.3, -0.25) is 9.48 Å².